The van der Waals surface area contributed by atoms with E-state index in [1.54, 1.807) is 43.5 Å². The van der Waals surface area contributed by atoms with Gasteiger partial charge in [0.25, 0.3) is 5.91 Å². The van der Waals surface area contributed by atoms with Crippen LogP contribution in [0.1, 0.15) is 54.8 Å². The van der Waals surface area contributed by atoms with E-state index < -0.39 is 29.3 Å². The molecule has 31 heavy (non-hydrogen) atoms. The van der Waals surface area contributed by atoms with Crippen LogP contribution in [-0.2, 0) is 9.59 Å². The van der Waals surface area contributed by atoms with Gasteiger partial charge in [0.2, 0.25) is 5.91 Å². The highest BCUT2D eigenvalue weighted by molar-refractivity contribution is 6.47. The number of hydrogen-bond acceptors (Lipinski definition) is 4. The van der Waals surface area contributed by atoms with Gasteiger partial charge in [-0.2, -0.15) is 0 Å². The van der Waals surface area contributed by atoms with Crippen molar-refractivity contribution in [2.24, 2.45) is 10.7 Å². The van der Waals surface area contributed by atoms with E-state index in [1.807, 2.05) is 6.92 Å². The van der Waals surface area contributed by atoms with Crippen LogP contribution in [0.4, 0.5) is 4.39 Å². The van der Waals surface area contributed by atoms with Crippen molar-refractivity contribution in [3.63, 3.8) is 0 Å². The highest BCUT2D eigenvalue weighted by Gasteiger charge is 2.52. The zero-order chi connectivity index (χ0) is 22.2. The molecule has 1 atom stereocenters. The van der Waals surface area contributed by atoms with Crippen LogP contribution in [0.15, 0.2) is 47.5 Å². The number of aryl methyl sites for hydroxylation is 1. The highest BCUT2D eigenvalue weighted by atomic mass is 19.1. The number of carbonyl (C=O) groups excluding carboxylic acids is 2. The Labute approximate surface area is 180 Å². The van der Waals surface area contributed by atoms with Crippen molar-refractivity contribution < 1.29 is 18.7 Å². The van der Waals surface area contributed by atoms with Gasteiger partial charge in [-0.1, -0.05) is 24.1 Å². The fourth-order valence-corrected chi connectivity index (χ4v) is 4.67. The van der Waals surface area contributed by atoms with Crippen LogP contribution in [0.3, 0.4) is 0 Å². The number of ether oxygens (including phenoxy) is 1. The molecule has 4 rings (SSSR count). The smallest absolute Gasteiger partial charge is 0.275 e. The van der Waals surface area contributed by atoms with Crippen LogP contribution in [0, 0.1) is 12.7 Å². The molecule has 1 unspecified atom stereocenters. The Balaban J connectivity index is 1.84. The van der Waals surface area contributed by atoms with Crippen molar-refractivity contribution in [3.05, 3.63) is 65.0 Å². The van der Waals surface area contributed by atoms with E-state index in [1.165, 1.54) is 11.0 Å². The lowest BCUT2D eigenvalue weighted by Gasteiger charge is -2.42. The third-order valence-electron chi connectivity index (χ3n) is 6.18. The molecular weight excluding hydrogens is 397 g/mol. The molecule has 6 nitrogen and oxygen atoms in total. The number of aliphatic imine (C=N–C) groups is 1. The van der Waals surface area contributed by atoms with Gasteiger partial charge >= 0.3 is 0 Å². The van der Waals surface area contributed by atoms with Gasteiger partial charge in [-0.25, -0.2) is 4.39 Å². The number of halogens is 1. The van der Waals surface area contributed by atoms with E-state index in [4.69, 9.17) is 15.5 Å². The Morgan fingerprint density at radius 1 is 1.16 bits per heavy atom. The fraction of sp³-hybridized carbons (Fsp3) is 0.375. The maximum atomic E-state index is 14.8. The van der Waals surface area contributed by atoms with Crippen LogP contribution in [0.5, 0.6) is 5.75 Å². The third kappa shape index (κ3) is 3.69. The maximum Gasteiger partial charge on any atom is 0.275 e. The first-order chi connectivity index (χ1) is 14.9. The molecule has 1 fully saturated rings. The lowest BCUT2D eigenvalue weighted by molar-refractivity contribution is -0.141. The molecule has 2 aliphatic rings. The van der Waals surface area contributed by atoms with Crippen molar-refractivity contribution in [2.75, 3.05) is 7.11 Å². The first kappa shape index (κ1) is 21.0. The molecule has 0 saturated heterocycles. The molecule has 2 amide bonds. The number of rotatable bonds is 5. The first-order valence-electron chi connectivity index (χ1n) is 10.5. The van der Waals surface area contributed by atoms with Gasteiger partial charge in [0.1, 0.15) is 29.0 Å². The predicted molar refractivity (Wildman–Crippen MR) is 115 cm³/mol. The van der Waals surface area contributed by atoms with Gasteiger partial charge < -0.3 is 10.5 Å². The fourth-order valence-electron chi connectivity index (χ4n) is 4.67. The molecule has 0 radical (unpaired) electrons. The van der Waals surface area contributed by atoms with Crippen molar-refractivity contribution >= 4 is 17.5 Å². The van der Waals surface area contributed by atoms with Crippen LogP contribution in [0.2, 0.25) is 0 Å². The minimum absolute atomic E-state index is 0.108. The standard InChI is InChI=1S/C24H26FN3O3/c1-15-6-11-19(25)18(14-15)21(22(26)29)28-23(30)20(16-7-9-17(31-2)10-8-16)27-24(28)12-4-3-5-13-24/h6-11,14,21H,3-5,12-13H2,1-2H3,(H2,26,29). The number of methoxy groups -OCH3 is 1. The summed E-state index contributed by atoms with van der Waals surface area (Å²) in [6, 6.07) is 10.3. The molecule has 1 spiro atoms. The van der Waals surface area contributed by atoms with Crippen molar-refractivity contribution in [2.45, 2.75) is 50.7 Å². The summed E-state index contributed by atoms with van der Waals surface area (Å²) in [5.74, 6) is -1.08. The summed E-state index contributed by atoms with van der Waals surface area (Å²) in [6.07, 6.45) is 3.97. The van der Waals surface area contributed by atoms with Crippen LogP contribution < -0.4 is 10.5 Å². The maximum absolute atomic E-state index is 14.8. The second-order valence-corrected chi connectivity index (χ2v) is 8.24. The van der Waals surface area contributed by atoms with Gasteiger partial charge in [-0.15, -0.1) is 0 Å². The van der Waals surface area contributed by atoms with E-state index in [2.05, 4.69) is 0 Å². The molecule has 0 aromatic heterocycles. The first-order valence-corrected chi connectivity index (χ1v) is 10.5. The number of hydrogen-bond donors (Lipinski definition) is 1. The van der Waals surface area contributed by atoms with E-state index in [0.29, 0.717) is 24.2 Å². The van der Waals surface area contributed by atoms with E-state index in [9.17, 15) is 14.0 Å². The summed E-state index contributed by atoms with van der Waals surface area (Å²) in [5, 5.41) is 0. The van der Waals surface area contributed by atoms with Crippen molar-refractivity contribution in [1.82, 2.24) is 4.90 Å². The molecule has 1 aliphatic carbocycles. The van der Waals surface area contributed by atoms with Gasteiger partial charge in [-0.05, 0) is 62.9 Å². The Hall–Kier alpha value is -3.22. The Morgan fingerprint density at radius 2 is 1.84 bits per heavy atom. The second kappa shape index (κ2) is 8.13. The molecular formula is C24H26FN3O3. The molecule has 2 aromatic carbocycles. The average molecular weight is 423 g/mol. The van der Waals surface area contributed by atoms with Gasteiger partial charge in [0.15, 0.2) is 0 Å². The number of nitrogens with two attached hydrogens (primary N) is 1. The number of amides is 2. The van der Waals surface area contributed by atoms with E-state index in [0.717, 1.165) is 24.8 Å². The summed E-state index contributed by atoms with van der Waals surface area (Å²) >= 11 is 0. The largest absolute Gasteiger partial charge is 0.497 e. The monoisotopic (exact) mass is 423 g/mol. The lowest BCUT2D eigenvalue weighted by atomic mass is 9.86. The zero-order valence-electron chi connectivity index (χ0n) is 17.7. The van der Waals surface area contributed by atoms with Crippen molar-refractivity contribution in [3.8, 4) is 5.75 Å². The van der Waals surface area contributed by atoms with Crippen molar-refractivity contribution in [1.29, 1.82) is 0 Å². The molecule has 1 saturated carbocycles. The van der Waals surface area contributed by atoms with Gasteiger partial charge in [0, 0.05) is 11.1 Å². The van der Waals surface area contributed by atoms with Gasteiger partial charge in [-0.3, -0.25) is 19.5 Å². The number of carbonyl (C=O) groups is 2. The normalized spacial score (nSPS) is 18.7. The minimum atomic E-state index is -1.23. The third-order valence-corrected chi connectivity index (χ3v) is 6.18. The van der Waals surface area contributed by atoms with Crippen LogP contribution in [0.25, 0.3) is 0 Å². The molecule has 162 valence electrons. The van der Waals surface area contributed by atoms with Crippen LogP contribution >= 0.6 is 0 Å². The summed E-state index contributed by atoms with van der Waals surface area (Å²) in [7, 11) is 1.57. The Bertz CT molecular complexity index is 1040. The summed E-state index contributed by atoms with van der Waals surface area (Å²) in [6.45, 7) is 1.81. The Morgan fingerprint density at radius 3 is 2.45 bits per heavy atom. The molecule has 2 aromatic rings. The Kier molecular flexibility index (Phi) is 5.52. The number of nitrogens with zero attached hydrogens (tertiary/aromatic N) is 2. The molecule has 0 bridgehead atoms. The second-order valence-electron chi connectivity index (χ2n) is 8.24. The topological polar surface area (TPSA) is 85.0 Å². The predicted octanol–water partition coefficient (Wildman–Crippen LogP) is 3.66. The minimum Gasteiger partial charge on any atom is -0.497 e. The average Bonchev–Trinajstić information content (AvgIpc) is 3.03. The molecule has 1 heterocycles. The van der Waals surface area contributed by atoms with Gasteiger partial charge in [0.05, 0.1) is 7.11 Å². The summed E-state index contributed by atoms with van der Waals surface area (Å²) in [5.41, 5.74) is 6.66. The zero-order valence-corrected chi connectivity index (χ0v) is 17.7. The van der Waals surface area contributed by atoms with E-state index >= 15 is 0 Å². The number of benzene rings is 2. The SMILES string of the molecule is COc1ccc(C2=NC3(CCCCC3)N(C(C(N)=O)c3cc(C)ccc3F)C2=O)cc1. The van der Waals surface area contributed by atoms with Crippen LogP contribution in [-0.4, -0.2) is 35.2 Å². The quantitative estimate of drug-likeness (QED) is 0.796. The molecule has 1 aliphatic heterocycles. The summed E-state index contributed by atoms with van der Waals surface area (Å²) < 4.78 is 20.0. The lowest BCUT2D eigenvalue weighted by Crippen LogP contribution is -2.53. The molecule has 2 N–H and O–H groups in total. The van der Waals surface area contributed by atoms with E-state index in [-0.39, 0.29) is 11.3 Å². The highest BCUT2D eigenvalue weighted by Crippen LogP contribution is 2.44. The summed E-state index contributed by atoms with van der Waals surface area (Å²) in [4.78, 5) is 32.6. The molecule has 7 heteroatoms. The number of primary amides is 1.